The molecule has 21 heavy (non-hydrogen) atoms. The molecule has 7 heteroatoms. The van der Waals surface area contributed by atoms with Crippen molar-refractivity contribution < 1.29 is 27.5 Å². The van der Waals surface area contributed by atoms with Crippen LogP contribution in [0.5, 0.6) is 0 Å². The van der Waals surface area contributed by atoms with Gasteiger partial charge in [-0.15, -0.1) is 0 Å². The highest BCUT2D eigenvalue weighted by atomic mass is 19.3. The van der Waals surface area contributed by atoms with E-state index in [9.17, 15) is 22.8 Å². The van der Waals surface area contributed by atoms with Gasteiger partial charge in [0.1, 0.15) is 12.2 Å². The molecule has 1 aromatic carbocycles. The molecular formula is C14H16F3NO3. The van der Waals surface area contributed by atoms with Crippen LogP contribution in [0.3, 0.4) is 0 Å². The van der Waals surface area contributed by atoms with E-state index in [2.05, 4.69) is 10.1 Å². The molecule has 0 spiro atoms. The summed E-state index contributed by atoms with van der Waals surface area (Å²) in [6.07, 6.45) is -1.70. The molecule has 0 bridgehead atoms. The SMILES string of the molecule is COC(=O)CC(F)(F)CCNC(=O)Cc1ccc(F)cc1. The van der Waals surface area contributed by atoms with E-state index in [4.69, 9.17) is 0 Å². The van der Waals surface area contributed by atoms with Crippen molar-refractivity contribution >= 4 is 11.9 Å². The van der Waals surface area contributed by atoms with E-state index >= 15 is 0 Å². The van der Waals surface area contributed by atoms with Gasteiger partial charge in [-0.05, 0) is 17.7 Å². The van der Waals surface area contributed by atoms with Crippen molar-refractivity contribution in [1.29, 1.82) is 0 Å². The van der Waals surface area contributed by atoms with Gasteiger partial charge < -0.3 is 10.1 Å². The maximum absolute atomic E-state index is 13.3. The van der Waals surface area contributed by atoms with Crippen molar-refractivity contribution in [3.05, 3.63) is 35.6 Å². The normalized spacial score (nSPS) is 11.0. The number of carbonyl (C=O) groups excluding carboxylic acids is 2. The monoisotopic (exact) mass is 303 g/mol. The second-order valence-electron chi connectivity index (χ2n) is 4.51. The smallest absolute Gasteiger partial charge is 0.311 e. The zero-order valence-corrected chi connectivity index (χ0v) is 11.5. The van der Waals surface area contributed by atoms with Gasteiger partial charge in [0.15, 0.2) is 0 Å². The van der Waals surface area contributed by atoms with E-state index in [1.54, 1.807) is 0 Å². The number of carbonyl (C=O) groups is 2. The first-order chi connectivity index (χ1) is 9.82. The van der Waals surface area contributed by atoms with E-state index in [0.717, 1.165) is 7.11 Å². The molecule has 116 valence electrons. The third-order valence-electron chi connectivity index (χ3n) is 2.72. The summed E-state index contributed by atoms with van der Waals surface area (Å²) < 4.78 is 43.4. The second kappa shape index (κ2) is 7.66. The van der Waals surface area contributed by atoms with E-state index in [1.807, 2.05) is 0 Å². The Balaban J connectivity index is 2.33. The first kappa shape index (κ1) is 17.0. The molecule has 0 fully saturated rings. The van der Waals surface area contributed by atoms with Crippen LogP contribution in [0.2, 0.25) is 0 Å². The Kier molecular flexibility index (Phi) is 6.20. The summed E-state index contributed by atoms with van der Waals surface area (Å²) >= 11 is 0. The fraction of sp³-hybridized carbons (Fsp3) is 0.429. The summed E-state index contributed by atoms with van der Waals surface area (Å²) in [7, 11) is 1.03. The molecule has 0 heterocycles. The number of hydrogen-bond acceptors (Lipinski definition) is 3. The predicted octanol–water partition coefficient (Wildman–Crippen LogP) is 2.07. The van der Waals surface area contributed by atoms with E-state index in [0.29, 0.717) is 5.56 Å². The van der Waals surface area contributed by atoms with Crippen LogP contribution in [0, 0.1) is 5.82 Å². The highest BCUT2D eigenvalue weighted by Crippen LogP contribution is 2.22. The number of halogens is 3. The molecule has 4 nitrogen and oxygen atoms in total. The lowest BCUT2D eigenvalue weighted by Crippen LogP contribution is -2.32. The van der Waals surface area contributed by atoms with Crippen molar-refractivity contribution in [2.45, 2.75) is 25.2 Å². The molecule has 0 radical (unpaired) electrons. The highest BCUT2D eigenvalue weighted by molar-refractivity contribution is 5.78. The van der Waals surface area contributed by atoms with Crippen LogP contribution in [-0.2, 0) is 20.7 Å². The van der Waals surface area contributed by atoms with Crippen molar-refractivity contribution in [3.8, 4) is 0 Å². The summed E-state index contributed by atoms with van der Waals surface area (Å²) in [5.74, 6) is -5.09. The van der Waals surface area contributed by atoms with Crippen molar-refractivity contribution in [1.82, 2.24) is 5.32 Å². The number of amides is 1. The summed E-state index contributed by atoms with van der Waals surface area (Å²) in [6.45, 7) is -0.260. The molecule has 1 aromatic rings. The summed E-state index contributed by atoms with van der Waals surface area (Å²) in [4.78, 5) is 22.3. The molecule has 0 aliphatic heterocycles. The zero-order valence-electron chi connectivity index (χ0n) is 11.5. The van der Waals surface area contributed by atoms with Gasteiger partial charge in [-0.2, -0.15) is 0 Å². The molecule has 0 saturated heterocycles. The molecule has 0 saturated carbocycles. The van der Waals surface area contributed by atoms with Gasteiger partial charge in [0.05, 0.1) is 13.5 Å². The lowest BCUT2D eigenvalue weighted by atomic mass is 10.1. The molecule has 1 N–H and O–H groups in total. The number of esters is 1. The molecule has 0 aliphatic rings. The first-order valence-corrected chi connectivity index (χ1v) is 6.28. The highest BCUT2D eigenvalue weighted by Gasteiger charge is 2.32. The van der Waals surface area contributed by atoms with Gasteiger partial charge in [-0.25, -0.2) is 13.2 Å². The number of rotatable bonds is 7. The average molecular weight is 303 g/mol. The standard InChI is InChI=1S/C14H16F3NO3/c1-21-13(20)9-14(16,17)6-7-18-12(19)8-10-2-4-11(15)5-3-10/h2-5H,6-9H2,1H3,(H,18,19). The summed E-state index contributed by atoms with van der Waals surface area (Å²) in [5, 5.41) is 2.33. The maximum Gasteiger partial charge on any atom is 0.311 e. The van der Waals surface area contributed by atoms with Gasteiger partial charge in [0.2, 0.25) is 5.91 Å². The summed E-state index contributed by atoms with van der Waals surface area (Å²) in [6, 6.07) is 5.32. The van der Waals surface area contributed by atoms with Crippen LogP contribution in [0.15, 0.2) is 24.3 Å². The summed E-state index contributed by atoms with van der Waals surface area (Å²) in [5.41, 5.74) is 0.579. The molecule has 0 unspecified atom stereocenters. The lowest BCUT2D eigenvalue weighted by molar-refractivity contribution is -0.148. The first-order valence-electron chi connectivity index (χ1n) is 6.28. The lowest BCUT2D eigenvalue weighted by Gasteiger charge is -2.15. The van der Waals surface area contributed by atoms with Gasteiger partial charge in [-0.3, -0.25) is 9.59 Å². The topological polar surface area (TPSA) is 55.4 Å². The number of methoxy groups -OCH3 is 1. The quantitative estimate of drug-likeness (QED) is 0.785. The Labute approximate surface area is 120 Å². The van der Waals surface area contributed by atoms with Gasteiger partial charge in [-0.1, -0.05) is 12.1 Å². The molecule has 0 atom stereocenters. The molecule has 1 amide bonds. The molecule has 0 aliphatic carbocycles. The third kappa shape index (κ3) is 6.78. The van der Waals surface area contributed by atoms with Crippen LogP contribution in [0.1, 0.15) is 18.4 Å². The van der Waals surface area contributed by atoms with Crippen molar-refractivity contribution in [2.75, 3.05) is 13.7 Å². The minimum atomic E-state index is -3.23. The number of alkyl halides is 2. The fourth-order valence-electron chi connectivity index (χ4n) is 1.61. The molecule has 0 aromatic heterocycles. The second-order valence-corrected chi connectivity index (χ2v) is 4.51. The van der Waals surface area contributed by atoms with E-state index in [-0.39, 0.29) is 13.0 Å². The van der Waals surface area contributed by atoms with E-state index < -0.39 is 36.5 Å². The fourth-order valence-corrected chi connectivity index (χ4v) is 1.61. The van der Waals surface area contributed by atoms with Crippen LogP contribution in [-0.4, -0.2) is 31.5 Å². The van der Waals surface area contributed by atoms with Gasteiger partial charge in [0.25, 0.3) is 5.92 Å². The Morgan fingerprint density at radius 2 is 1.86 bits per heavy atom. The van der Waals surface area contributed by atoms with Gasteiger partial charge >= 0.3 is 5.97 Å². The minimum absolute atomic E-state index is 0.0249. The number of nitrogens with one attached hydrogen (secondary N) is 1. The van der Waals surface area contributed by atoms with E-state index in [1.165, 1.54) is 24.3 Å². The maximum atomic E-state index is 13.3. The molecule has 1 rings (SSSR count). The van der Waals surface area contributed by atoms with Crippen LogP contribution in [0.4, 0.5) is 13.2 Å². The van der Waals surface area contributed by atoms with Crippen molar-refractivity contribution in [3.63, 3.8) is 0 Å². The molecular weight excluding hydrogens is 287 g/mol. The Bertz CT molecular complexity index is 489. The number of ether oxygens (including phenoxy) is 1. The van der Waals surface area contributed by atoms with Crippen LogP contribution < -0.4 is 5.32 Å². The van der Waals surface area contributed by atoms with Crippen molar-refractivity contribution in [2.24, 2.45) is 0 Å². The Hall–Kier alpha value is -2.05. The Morgan fingerprint density at radius 1 is 1.24 bits per heavy atom. The van der Waals surface area contributed by atoms with Crippen LogP contribution >= 0.6 is 0 Å². The minimum Gasteiger partial charge on any atom is -0.469 e. The predicted molar refractivity (Wildman–Crippen MR) is 69.3 cm³/mol. The average Bonchev–Trinajstić information content (AvgIpc) is 2.40. The number of benzene rings is 1. The van der Waals surface area contributed by atoms with Gasteiger partial charge in [0, 0.05) is 13.0 Å². The third-order valence-corrected chi connectivity index (χ3v) is 2.72. The zero-order chi connectivity index (χ0) is 15.9. The largest absolute Gasteiger partial charge is 0.469 e. The Morgan fingerprint density at radius 3 is 2.43 bits per heavy atom. The number of hydrogen-bond donors (Lipinski definition) is 1. The van der Waals surface area contributed by atoms with Crippen LogP contribution in [0.25, 0.3) is 0 Å².